The van der Waals surface area contributed by atoms with E-state index in [0.717, 1.165) is 16.8 Å². The minimum Gasteiger partial charge on any atom is -0.365 e. The van der Waals surface area contributed by atoms with Crippen LogP contribution in [0.5, 0.6) is 0 Å². The van der Waals surface area contributed by atoms with Gasteiger partial charge in [0.05, 0.1) is 5.75 Å². The van der Waals surface area contributed by atoms with Gasteiger partial charge in [-0.15, -0.1) is 0 Å². The maximum Gasteiger partial charge on any atom is 0.236 e. The van der Waals surface area contributed by atoms with Gasteiger partial charge in [-0.2, -0.15) is 0 Å². The first-order chi connectivity index (χ1) is 5.40. The highest BCUT2D eigenvalue weighted by atomic mass is 35.7. The predicted molar refractivity (Wildman–Crippen MR) is 48.7 cm³/mol. The van der Waals surface area contributed by atoms with E-state index < -0.39 is 9.05 Å². The van der Waals surface area contributed by atoms with Crippen molar-refractivity contribution >= 4 is 19.7 Å². The summed E-state index contributed by atoms with van der Waals surface area (Å²) in [6.45, 7) is 3.67. The predicted octanol–water partition coefficient (Wildman–Crippen LogP) is 1.70. The fourth-order valence-electron chi connectivity index (χ4n) is 1.08. The molecule has 1 N–H and O–H groups in total. The Hall–Kier alpha value is -0.480. The number of rotatable bonds is 2. The molecule has 0 aliphatic carbocycles. The molecule has 0 saturated carbocycles. The molecule has 1 aromatic rings. The molecule has 0 bridgehead atoms. The molecular weight excluding hydrogens is 198 g/mol. The fourth-order valence-corrected chi connectivity index (χ4v) is 2.20. The number of nitrogens with one attached hydrogen (secondary N) is 1. The van der Waals surface area contributed by atoms with E-state index in [1.807, 2.05) is 13.8 Å². The van der Waals surface area contributed by atoms with Gasteiger partial charge in [-0.25, -0.2) is 8.42 Å². The summed E-state index contributed by atoms with van der Waals surface area (Å²) < 4.78 is 21.5. The molecule has 0 spiro atoms. The molecule has 3 nitrogen and oxygen atoms in total. The van der Waals surface area contributed by atoms with Crippen LogP contribution in [0.3, 0.4) is 0 Å². The van der Waals surface area contributed by atoms with Crippen LogP contribution in [0, 0.1) is 13.8 Å². The molecule has 1 heterocycles. The zero-order valence-electron chi connectivity index (χ0n) is 6.89. The van der Waals surface area contributed by atoms with E-state index in [1.54, 1.807) is 6.20 Å². The Morgan fingerprint density at radius 1 is 1.50 bits per heavy atom. The first-order valence-electron chi connectivity index (χ1n) is 3.46. The van der Waals surface area contributed by atoms with Gasteiger partial charge in [-0.1, -0.05) is 0 Å². The first kappa shape index (κ1) is 9.61. The number of aromatic amines is 1. The Labute approximate surface area is 76.2 Å². The van der Waals surface area contributed by atoms with Gasteiger partial charge < -0.3 is 4.98 Å². The van der Waals surface area contributed by atoms with Crippen molar-refractivity contribution in [2.75, 3.05) is 0 Å². The highest BCUT2D eigenvalue weighted by Crippen LogP contribution is 2.17. The summed E-state index contributed by atoms with van der Waals surface area (Å²) in [5, 5.41) is 0. The van der Waals surface area contributed by atoms with Gasteiger partial charge >= 0.3 is 0 Å². The largest absolute Gasteiger partial charge is 0.365 e. The third kappa shape index (κ3) is 2.25. The number of H-pyrrole nitrogens is 1. The number of aryl methyl sites for hydroxylation is 2. The van der Waals surface area contributed by atoms with Gasteiger partial charge in [0.2, 0.25) is 9.05 Å². The SMILES string of the molecule is Cc1c[nH]c(C)c1CS(=O)(=O)Cl. The second-order valence-electron chi connectivity index (χ2n) is 2.76. The molecule has 1 aromatic heterocycles. The normalized spacial score (nSPS) is 11.9. The number of aromatic nitrogens is 1. The van der Waals surface area contributed by atoms with Crippen molar-refractivity contribution in [1.82, 2.24) is 4.98 Å². The zero-order chi connectivity index (χ0) is 9.35. The van der Waals surface area contributed by atoms with Crippen molar-refractivity contribution in [1.29, 1.82) is 0 Å². The number of halogens is 1. The van der Waals surface area contributed by atoms with Crippen LogP contribution in [0.2, 0.25) is 0 Å². The van der Waals surface area contributed by atoms with Crippen LogP contribution in [0.15, 0.2) is 6.20 Å². The van der Waals surface area contributed by atoms with Gasteiger partial charge in [0, 0.05) is 22.6 Å². The van der Waals surface area contributed by atoms with Crippen LogP contribution < -0.4 is 0 Å². The molecule has 0 amide bonds. The zero-order valence-corrected chi connectivity index (χ0v) is 8.46. The third-order valence-corrected chi connectivity index (χ3v) is 2.71. The van der Waals surface area contributed by atoms with Crippen LogP contribution in [0.25, 0.3) is 0 Å². The summed E-state index contributed by atoms with van der Waals surface area (Å²) in [5.41, 5.74) is 2.55. The average Bonchev–Trinajstić information content (AvgIpc) is 2.16. The van der Waals surface area contributed by atoms with E-state index in [4.69, 9.17) is 10.7 Å². The highest BCUT2D eigenvalue weighted by Gasteiger charge is 2.12. The van der Waals surface area contributed by atoms with Crippen LogP contribution in [-0.2, 0) is 14.8 Å². The summed E-state index contributed by atoms with van der Waals surface area (Å²) in [6.07, 6.45) is 1.77. The average molecular weight is 208 g/mol. The van der Waals surface area contributed by atoms with Crippen molar-refractivity contribution in [3.63, 3.8) is 0 Å². The minimum atomic E-state index is -3.44. The lowest BCUT2D eigenvalue weighted by atomic mass is 10.2. The molecule has 1 rings (SSSR count). The summed E-state index contributed by atoms with van der Waals surface area (Å²) in [7, 11) is 1.69. The van der Waals surface area contributed by atoms with Gasteiger partial charge in [-0.05, 0) is 25.0 Å². The minimum absolute atomic E-state index is 0.101. The molecule has 0 atom stereocenters. The van der Waals surface area contributed by atoms with E-state index in [-0.39, 0.29) is 5.75 Å². The second kappa shape index (κ2) is 3.11. The summed E-state index contributed by atoms with van der Waals surface area (Å²) >= 11 is 0. The lowest BCUT2D eigenvalue weighted by Gasteiger charge is -1.97. The number of hydrogen-bond donors (Lipinski definition) is 1. The van der Waals surface area contributed by atoms with Gasteiger partial charge in [0.25, 0.3) is 0 Å². The van der Waals surface area contributed by atoms with Gasteiger partial charge in [-0.3, -0.25) is 0 Å². The molecular formula is C7H10ClNO2S. The molecule has 0 saturated heterocycles. The smallest absolute Gasteiger partial charge is 0.236 e. The Balaban J connectivity index is 3.04. The second-order valence-corrected chi connectivity index (χ2v) is 5.54. The van der Waals surface area contributed by atoms with Crippen LogP contribution in [0.4, 0.5) is 0 Å². The summed E-state index contributed by atoms with van der Waals surface area (Å²) in [5.74, 6) is -0.101. The standard InChI is InChI=1S/C7H10ClNO2S/c1-5-3-9-6(2)7(5)4-12(8,10)11/h3,9H,4H2,1-2H3. The van der Waals surface area contributed by atoms with Crippen LogP contribution >= 0.6 is 10.7 Å². The lowest BCUT2D eigenvalue weighted by Crippen LogP contribution is -1.97. The number of hydrogen-bond acceptors (Lipinski definition) is 2. The van der Waals surface area contributed by atoms with E-state index in [1.165, 1.54) is 0 Å². The van der Waals surface area contributed by atoms with E-state index in [9.17, 15) is 8.42 Å². The Morgan fingerprint density at radius 3 is 2.42 bits per heavy atom. The van der Waals surface area contributed by atoms with Crippen molar-refractivity contribution < 1.29 is 8.42 Å². The van der Waals surface area contributed by atoms with Gasteiger partial charge in [0.1, 0.15) is 0 Å². The molecule has 0 aliphatic heterocycles. The van der Waals surface area contributed by atoms with Crippen molar-refractivity contribution in [3.05, 3.63) is 23.0 Å². The molecule has 0 aromatic carbocycles. The molecule has 0 fully saturated rings. The Morgan fingerprint density at radius 2 is 2.08 bits per heavy atom. The highest BCUT2D eigenvalue weighted by molar-refractivity contribution is 8.13. The van der Waals surface area contributed by atoms with Gasteiger partial charge in [0.15, 0.2) is 0 Å². The summed E-state index contributed by atoms with van der Waals surface area (Å²) in [6, 6.07) is 0. The fraction of sp³-hybridized carbons (Fsp3) is 0.429. The summed E-state index contributed by atoms with van der Waals surface area (Å²) in [4.78, 5) is 2.94. The van der Waals surface area contributed by atoms with Crippen LogP contribution in [0.1, 0.15) is 16.8 Å². The molecule has 5 heteroatoms. The first-order valence-corrected chi connectivity index (χ1v) is 5.94. The van der Waals surface area contributed by atoms with E-state index in [2.05, 4.69) is 4.98 Å². The molecule has 68 valence electrons. The lowest BCUT2D eigenvalue weighted by molar-refractivity contribution is 0.608. The quantitative estimate of drug-likeness (QED) is 0.751. The maximum atomic E-state index is 10.8. The van der Waals surface area contributed by atoms with Crippen LogP contribution in [-0.4, -0.2) is 13.4 Å². The Bertz CT molecular complexity index is 361. The molecule has 0 aliphatic rings. The van der Waals surface area contributed by atoms with Crippen molar-refractivity contribution in [2.24, 2.45) is 0 Å². The topological polar surface area (TPSA) is 49.9 Å². The van der Waals surface area contributed by atoms with Crippen molar-refractivity contribution in [2.45, 2.75) is 19.6 Å². The van der Waals surface area contributed by atoms with E-state index in [0.29, 0.717) is 0 Å². The van der Waals surface area contributed by atoms with E-state index >= 15 is 0 Å². The molecule has 12 heavy (non-hydrogen) atoms. The Kier molecular flexibility index (Phi) is 2.49. The molecule has 0 radical (unpaired) electrons. The third-order valence-electron chi connectivity index (χ3n) is 1.75. The monoisotopic (exact) mass is 207 g/mol. The van der Waals surface area contributed by atoms with Crippen molar-refractivity contribution in [3.8, 4) is 0 Å². The molecule has 0 unspecified atom stereocenters. The maximum absolute atomic E-state index is 10.8.